The fourth-order valence-electron chi connectivity index (χ4n) is 1.15. The lowest BCUT2D eigenvalue weighted by atomic mass is 10.1. The maximum atomic E-state index is 11.6. The second-order valence-corrected chi connectivity index (χ2v) is 3.31. The Labute approximate surface area is 92.3 Å². The van der Waals surface area contributed by atoms with Gasteiger partial charge < -0.3 is 26.4 Å². The van der Waals surface area contributed by atoms with Crippen LogP contribution in [-0.4, -0.2) is 40.5 Å². The molecule has 0 heterocycles. The topological polar surface area (TPSA) is 116 Å². The predicted octanol–water partition coefficient (Wildman–Crippen LogP) is -0.943. The molecule has 0 radical (unpaired) electrons. The lowest BCUT2D eigenvalue weighted by Gasteiger charge is -2.14. The summed E-state index contributed by atoms with van der Waals surface area (Å²) in [6.45, 7) is -0.748. The van der Waals surface area contributed by atoms with Crippen molar-refractivity contribution in [3.05, 3.63) is 23.8 Å². The van der Waals surface area contributed by atoms with E-state index in [2.05, 4.69) is 5.32 Å². The molecule has 0 aliphatic rings. The molecule has 6 N–H and O–H groups in total. The van der Waals surface area contributed by atoms with E-state index in [1.165, 1.54) is 18.2 Å². The van der Waals surface area contributed by atoms with Crippen LogP contribution in [0, 0.1) is 0 Å². The zero-order valence-corrected chi connectivity index (χ0v) is 8.55. The molecule has 6 nitrogen and oxygen atoms in total. The summed E-state index contributed by atoms with van der Waals surface area (Å²) in [4.78, 5) is 11.6. The van der Waals surface area contributed by atoms with Crippen LogP contribution >= 0.6 is 0 Å². The van der Waals surface area contributed by atoms with Gasteiger partial charge in [0.05, 0.1) is 24.8 Å². The Hall–Kier alpha value is -1.79. The molecule has 0 aliphatic carbocycles. The maximum Gasteiger partial charge on any atom is 0.253 e. The number of aliphatic hydroxyl groups is 2. The summed E-state index contributed by atoms with van der Waals surface area (Å²) in [5.41, 5.74) is 5.87. The van der Waals surface area contributed by atoms with Gasteiger partial charge in [-0.15, -0.1) is 0 Å². The molecule has 1 rings (SSSR count). The van der Waals surface area contributed by atoms with Gasteiger partial charge in [0, 0.05) is 5.69 Å². The van der Waals surface area contributed by atoms with E-state index >= 15 is 0 Å². The van der Waals surface area contributed by atoms with E-state index < -0.39 is 11.9 Å². The number of aliphatic hydroxyl groups excluding tert-OH is 2. The van der Waals surface area contributed by atoms with Crippen LogP contribution < -0.4 is 11.1 Å². The zero-order valence-electron chi connectivity index (χ0n) is 8.55. The van der Waals surface area contributed by atoms with Gasteiger partial charge in [-0.05, 0) is 18.2 Å². The number of nitrogens with two attached hydrogens (primary N) is 1. The van der Waals surface area contributed by atoms with Crippen molar-refractivity contribution in [2.24, 2.45) is 0 Å². The molecule has 6 heteroatoms. The van der Waals surface area contributed by atoms with Crippen molar-refractivity contribution in [1.82, 2.24) is 5.32 Å². The molecule has 1 aromatic rings. The van der Waals surface area contributed by atoms with Gasteiger partial charge in [-0.3, -0.25) is 4.79 Å². The molecule has 0 unspecified atom stereocenters. The minimum atomic E-state index is -0.741. The van der Waals surface area contributed by atoms with Crippen molar-refractivity contribution < 1.29 is 20.1 Å². The SMILES string of the molecule is Nc1ccc(O)cc1C(=O)NC(CO)CO. The molecule has 0 aliphatic heterocycles. The third-order valence-corrected chi connectivity index (χ3v) is 2.06. The molecule has 1 aromatic carbocycles. The summed E-state index contributed by atoms with van der Waals surface area (Å²) in [7, 11) is 0. The lowest BCUT2D eigenvalue weighted by Crippen LogP contribution is -2.40. The smallest absolute Gasteiger partial charge is 0.253 e. The molecule has 0 aromatic heterocycles. The van der Waals surface area contributed by atoms with Crippen LogP contribution in [0.15, 0.2) is 18.2 Å². The number of nitrogens with one attached hydrogen (secondary N) is 1. The second-order valence-electron chi connectivity index (χ2n) is 3.31. The number of rotatable bonds is 4. The number of carbonyl (C=O) groups is 1. The van der Waals surface area contributed by atoms with Crippen LogP contribution in [-0.2, 0) is 0 Å². The highest BCUT2D eigenvalue weighted by atomic mass is 16.3. The average molecular weight is 226 g/mol. The van der Waals surface area contributed by atoms with Gasteiger partial charge in [-0.2, -0.15) is 0 Å². The number of amides is 1. The molecule has 0 atom stereocenters. The Morgan fingerprint density at radius 2 is 2.00 bits per heavy atom. The van der Waals surface area contributed by atoms with Gasteiger partial charge in [0.15, 0.2) is 0 Å². The normalized spacial score (nSPS) is 10.4. The largest absolute Gasteiger partial charge is 0.508 e. The number of hydrogen-bond acceptors (Lipinski definition) is 5. The first-order chi connectivity index (χ1) is 7.58. The second kappa shape index (κ2) is 5.34. The Morgan fingerprint density at radius 1 is 1.38 bits per heavy atom. The quantitative estimate of drug-likeness (QED) is 0.335. The summed E-state index contributed by atoms with van der Waals surface area (Å²) >= 11 is 0. The molecule has 0 spiro atoms. The molecular formula is C10H14N2O4. The van der Waals surface area contributed by atoms with Crippen molar-refractivity contribution in [2.75, 3.05) is 18.9 Å². The lowest BCUT2D eigenvalue weighted by molar-refractivity contribution is 0.0880. The number of nitrogen functional groups attached to an aromatic ring is 1. The number of aromatic hydroxyl groups is 1. The molecular weight excluding hydrogens is 212 g/mol. The van der Waals surface area contributed by atoms with Crippen LogP contribution in [0.2, 0.25) is 0 Å². The van der Waals surface area contributed by atoms with E-state index in [9.17, 15) is 9.90 Å². The molecule has 0 bridgehead atoms. The van der Waals surface area contributed by atoms with E-state index in [-0.39, 0.29) is 30.2 Å². The van der Waals surface area contributed by atoms with E-state index in [4.69, 9.17) is 15.9 Å². The van der Waals surface area contributed by atoms with Crippen LogP contribution in [0.5, 0.6) is 5.75 Å². The average Bonchev–Trinajstić information content (AvgIpc) is 2.28. The molecule has 1 amide bonds. The fourth-order valence-corrected chi connectivity index (χ4v) is 1.15. The van der Waals surface area contributed by atoms with Gasteiger partial charge in [0.2, 0.25) is 0 Å². The third kappa shape index (κ3) is 2.85. The van der Waals surface area contributed by atoms with E-state index in [1.807, 2.05) is 0 Å². The van der Waals surface area contributed by atoms with Crippen molar-refractivity contribution >= 4 is 11.6 Å². The number of phenols is 1. The van der Waals surface area contributed by atoms with E-state index in [0.29, 0.717) is 0 Å². The highest BCUT2D eigenvalue weighted by molar-refractivity contribution is 5.99. The Morgan fingerprint density at radius 3 is 2.56 bits per heavy atom. The van der Waals surface area contributed by atoms with Gasteiger partial charge in [0.25, 0.3) is 5.91 Å². The molecule has 0 saturated heterocycles. The molecule has 0 fully saturated rings. The molecule has 16 heavy (non-hydrogen) atoms. The highest BCUT2D eigenvalue weighted by Gasteiger charge is 2.14. The fraction of sp³-hybridized carbons (Fsp3) is 0.300. The first-order valence-corrected chi connectivity index (χ1v) is 4.69. The van der Waals surface area contributed by atoms with E-state index in [1.54, 1.807) is 0 Å². The number of carbonyl (C=O) groups excluding carboxylic acids is 1. The molecule has 88 valence electrons. The van der Waals surface area contributed by atoms with Crippen molar-refractivity contribution in [3.63, 3.8) is 0 Å². The number of hydrogen-bond donors (Lipinski definition) is 5. The summed E-state index contributed by atoms with van der Waals surface area (Å²) in [5, 5.41) is 29.2. The summed E-state index contributed by atoms with van der Waals surface area (Å²) in [5.74, 6) is -0.634. The maximum absolute atomic E-state index is 11.6. The summed E-state index contributed by atoms with van der Waals surface area (Å²) < 4.78 is 0. The van der Waals surface area contributed by atoms with Crippen LogP contribution in [0.25, 0.3) is 0 Å². The number of anilines is 1. The van der Waals surface area contributed by atoms with Crippen molar-refractivity contribution in [2.45, 2.75) is 6.04 Å². The van der Waals surface area contributed by atoms with Crippen LogP contribution in [0.3, 0.4) is 0 Å². The van der Waals surface area contributed by atoms with Gasteiger partial charge in [-0.25, -0.2) is 0 Å². The predicted molar refractivity (Wildman–Crippen MR) is 57.9 cm³/mol. The van der Waals surface area contributed by atoms with E-state index in [0.717, 1.165) is 0 Å². The molecule has 0 saturated carbocycles. The van der Waals surface area contributed by atoms with Crippen molar-refractivity contribution in [1.29, 1.82) is 0 Å². The minimum absolute atomic E-state index is 0.0797. The minimum Gasteiger partial charge on any atom is -0.508 e. The van der Waals surface area contributed by atoms with Gasteiger partial charge in [0.1, 0.15) is 5.75 Å². The van der Waals surface area contributed by atoms with Gasteiger partial charge in [-0.1, -0.05) is 0 Å². The zero-order chi connectivity index (χ0) is 12.1. The Bertz CT molecular complexity index is 377. The van der Waals surface area contributed by atoms with Crippen molar-refractivity contribution in [3.8, 4) is 5.75 Å². The first kappa shape index (κ1) is 12.3. The first-order valence-electron chi connectivity index (χ1n) is 4.69. The summed E-state index contributed by atoms with van der Waals surface area (Å²) in [6, 6.07) is 3.24. The number of phenolic OH excluding ortho intramolecular Hbond substituents is 1. The third-order valence-electron chi connectivity index (χ3n) is 2.06. The standard InChI is InChI=1S/C10H14N2O4/c11-9-2-1-7(15)3-8(9)10(16)12-6(4-13)5-14/h1-3,6,13-15H,4-5,11H2,(H,12,16). The monoisotopic (exact) mass is 226 g/mol. The highest BCUT2D eigenvalue weighted by Crippen LogP contribution is 2.18. The van der Waals surface area contributed by atoms with Crippen LogP contribution in [0.1, 0.15) is 10.4 Å². The Balaban J connectivity index is 2.83. The number of benzene rings is 1. The van der Waals surface area contributed by atoms with Crippen LogP contribution in [0.4, 0.5) is 5.69 Å². The summed E-state index contributed by atoms with van der Waals surface area (Å²) in [6.07, 6.45) is 0. The Kier molecular flexibility index (Phi) is 4.10. The van der Waals surface area contributed by atoms with Gasteiger partial charge >= 0.3 is 0 Å².